The third-order valence-electron chi connectivity index (χ3n) is 4.89. The highest BCUT2D eigenvalue weighted by Crippen LogP contribution is 2.51. The number of ether oxygens (including phenoxy) is 2. The van der Waals surface area contributed by atoms with Crippen LogP contribution in [0.4, 0.5) is 0 Å². The lowest BCUT2D eigenvalue weighted by atomic mass is 9.64. The van der Waals surface area contributed by atoms with Crippen molar-refractivity contribution in [3.8, 4) is 0 Å². The Labute approximate surface area is 119 Å². The van der Waals surface area contributed by atoms with Gasteiger partial charge in [-0.05, 0) is 25.3 Å². The summed E-state index contributed by atoms with van der Waals surface area (Å²) >= 11 is 0. The van der Waals surface area contributed by atoms with E-state index in [1.54, 1.807) is 6.92 Å². The molecule has 0 unspecified atom stereocenters. The van der Waals surface area contributed by atoms with Gasteiger partial charge in [-0.25, -0.2) is 4.79 Å². The van der Waals surface area contributed by atoms with Crippen molar-refractivity contribution in [3.05, 3.63) is 23.8 Å². The maximum atomic E-state index is 11.9. The zero-order valence-electron chi connectivity index (χ0n) is 12.6. The second-order valence-corrected chi connectivity index (χ2v) is 6.00. The van der Waals surface area contributed by atoms with Gasteiger partial charge in [0.2, 0.25) is 0 Å². The monoisotopic (exact) mass is 278 g/mol. The molecule has 1 heterocycles. The summed E-state index contributed by atoms with van der Waals surface area (Å²) in [5.74, 6) is -0.521. The molecule has 0 N–H and O–H groups in total. The van der Waals surface area contributed by atoms with Crippen LogP contribution in [0, 0.1) is 17.3 Å². The quantitative estimate of drug-likeness (QED) is 0.442. The molecule has 0 aromatic rings. The third-order valence-corrected chi connectivity index (χ3v) is 4.89. The van der Waals surface area contributed by atoms with E-state index in [9.17, 15) is 9.59 Å². The maximum Gasteiger partial charge on any atom is 0.333 e. The minimum atomic E-state index is -0.371. The van der Waals surface area contributed by atoms with E-state index in [-0.39, 0.29) is 35.3 Å². The van der Waals surface area contributed by atoms with Gasteiger partial charge in [0.1, 0.15) is 6.10 Å². The van der Waals surface area contributed by atoms with Gasteiger partial charge in [0.15, 0.2) is 0 Å². The lowest BCUT2D eigenvalue weighted by Crippen LogP contribution is -2.38. The summed E-state index contributed by atoms with van der Waals surface area (Å²) in [5.41, 5.74) is 1.06. The molecule has 0 aromatic heterocycles. The standard InChI is InChI=1S/C16H22O4/c1-6-16(4)8-7-11-9(2)15(18)20-13(11)12(16)10(3)14(17)19-5/h6,9,11,13H,1,7-8H2,2-5H3/b12-10-/t9-,11-,13-,16+/m0/s1. The SMILES string of the molecule is C=C[C@]1(C)CC[C@H]2[C@H](C)C(=O)O[C@@H]2/C1=C(\C)C(=O)OC. The van der Waals surface area contributed by atoms with Crippen molar-refractivity contribution in [3.63, 3.8) is 0 Å². The first kappa shape index (κ1) is 14.8. The predicted molar refractivity (Wildman–Crippen MR) is 74.8 cm³/mol. The van der Waals surface area contributed by atoms with Crippen molar-refractivity contribution in [1.29, 1.82) is 0 Å². The second kappa shape index (κ2) is 5.08. The van der Waals surface area contributed by atoms with Crippen LogP contribution in [0.5, 0.6) is 0 Å². The van der Waals surface area contributed by atoms with Gasteiger partial charge in [0.05, 0.1) is 13.0 Å². The van der Waals surface area contributed by atoms with Crippen molar-refractivity contribution >= 4 is 11.9 Å². The normalized spacial score (nSPS) is 38.8. The van der Waals surface area contributed by atoms with Crippen LogP contribution in [0.3, 0.4) is 0 Å². The minimum Gasteiger partial charge on any atom is -0.466 e. The van der Waals surface area contributed by atoms with Crippen molar-refractivity contribution in [2.75, 3.05) is 7.11 Å². The highest BCUT2D eigenvalue weighted by atomic mass is 16.6. The van der Waals surface area contributed by atoms with Crippen LogP contribution in [-0.4, -0.2) is 25.2 Å². The van der Waals surface area contributed by atoms with Crippen LogP contribution in [0.2, 0.25) is 0 Å². The van der Waals surface area contributed by atoms with Crippen molar-refractivity contribution in [2.45, 2.75) is 39.7 Å². The van der Waals surface area contributed by atoms with Gasteiger partial charge in [-0.15, -0.1) is 6.58 Å². The first-order chi connectivity index (χ1) is 9.35. The molecular formula is C16H22O4. The number of methoxy groups -OCH3 is 1. The van der Waals surface area contributed by atoms with Gasteiger partial charge in [0.25, 0.3) is 0 Å². The fourth-order valence-corrected chi connectivity index (χ4v) is 3.47. The van der Waals surface area contributed by atoms with Gasteiger partial charge < -0.3 is 9.47 Å². The number of fused-ring (bicyclic) bond motifs is 1. The Hall–Kier alpha value is -1.58. The highest BCUT2D eigenvalue weighted by molar-refractivity contribution is 5.89. The summed E-state index contributed by atoms with van der Waals surface area (Å²) in [5, 5.41) is 0. The van der Waals surface area contributed by atoms with Crippen LogP contribution in [0.1, 0.15) is 33.6 Å². The van der Waals surface area contributed by atoms with Gasteiger partial charge >= 0.3 is 11.9 Å². The molecule has 0 amide bonds. The van der Waals surface area contributed by atoms with Gasteiger partial charge in [-0.1, -0.05) is 19.9 Å². The first-order valence-electron chi connectivity index (χ1n) is 6.99. The molecule has 2 fully saturated rings. The largest absolute Gasteiger partial charge is 0.466 e. The summed E-state index contributed by atoms with van der Waals surface area (Å²) < 4.78 is 10.4. The Kier molecular flexibility index (Phi) is 3.76. The lowest BCUT2D eigenvalue weighted by molar-refractivity contribution is -0.143. The smallest absolute Gasteiger partial charge is 0.333 e. The fourth-order valence-electron chi connectivity index (χ4n) is 3.47. The number of carbonyl (C=O) groups is 2. The molecule has 0 aromatic carbocycles. The summed E-state index contributed by atoms with van der Waals surface area (Å²) in [6.45, 7) is 9.57. The highest BCUT2D eigenvalue weighted by Gasteiger charge is 2.51. The second-order valence-electron chi connectivity index (χ2n) is 6.00. The van der Waals surface area contributed by atoms with Gasteiger partial charge in [-0.2, -0.15) is 0 Å². The summed E-state index contributed by atoms with van der Waals surface area (Å²) in [6, 6.07) is 0. The molecule has 1 saturated heterocycles. The predicted octanol–water partition coefficient (Wildman–Crippen LogP) is 2.64. The molecule has 0 spiro atoms. The Balaban J connectivity index is 2.53. The summed E-state index contributed by atoms with van der Waals surface area (Å²) in [4.78, 5) is 23.8. The number of rotatable bonds is 2. The van der Waals surface area contributed by atoms with E-state index in [0.717, 1.165) is 18.4 Å². The van der Waals surface area contributed by atoms with E-state index in [0.29, 0.717) is 5.57 Å². The van der Waals surface area contributed by atoms with E-state index < -0.39 is 0 Å². The third kappa shape index (κ3) is 2.07. The molecule has 1 saturated carbocycles. The van der Waals surface area contributed by atoms with E-state index in [1.807, 2.05) is 19.9 Å². The van der Waals surface area contributed by atoms with Crippen LogP contribution < -0.4 is 0 Å². The van der Waals surface area contributed by atoms with E-state index >= 15 is 0 Å². The first-order valence-corrected chi connectivity index (χ1v) is 6.99. The number of hydrogen-bond donors (Lipinski definition) is 0. The molecule has 4 nitrogen and oxygen atoms in total. The maximum absolute atomic E-state index is 11.9. The molecule has 4 heteroatoms. The van der Waals surface area contributed by atoms with E-state index in [1.165, 1.54) is 7.11 Å². The van der Waals surface area contributed by atoms with Crippen LogP contribution >= 0.6 is 0 Å². The Morgan fingerprint density at radius 3 is 2.75 bits per heavy atom. The fraction of sp³-hybridized carbons (Fsp3) is 0.625. The van der Waals surface area contributed by atoms with Crippen molar-refractivity contribution in [2.24, 2.45) is 17.3 Å². The Bertz CT molecular complexity index is 491. The average Bonchev–Trinajstić information content (AvgIpc) is 2.72. The Morgan fingerprint density at radius 2 is 2.20 bits per heavy atom. The number of esters is 2. The van der Waals surface area contributed by atoms with Crippen LogP contribution in [0.25, 0.3) is 0 Å². The van der Waals surface area contributed by atoms with Crippen LogP contribution in [-0.2, 0) is 19.1 Å². The number of allylic oxidation sites excluding steroid dienone is 1. The molecule has 20 heavy (non-hydrogen) atoms. The van der Waals surface area contributed by atoms with Crippen LogP contribution in [0.15, 0.2) is 23.8 Å². The molecule has 0 radical (unpaired) electrons. The average molecular weight is 278 g/mol. The minimum absolute atomic E-state index is 0.116. The number of hydrogen-bond acceptors (Lipinski definition) is 4. The molecule has 4 atom stereocenters. The van der Waals surface area contributed by atoms with Crippen molar-refractivity contribution < 1.29 is 19.1 Å². The van der Waals surface area contributed by atoms with Crippen molar-refractivity contribution in [1.82, 2.24) is 0 Å². The zero-order chi connectivity index (χ0) is 15.1. The van der Waals surface area contributed by atoms with E-state index in [2.05, 4.69) is 6.58 Å². The topological polar surface area (TPSA) is 52.6 Å². The number of carbonyl (C=O) groups excluding carboxylic acids is 2. The molecular weight excluding hydrogens is 256 g/mol. The lowest BCUT2D eigenvalue weighted by Gasteiger charge is -2.41. The molecule has 2 aliphatic rings. The molecule has 110 valence electrons. The zero-order valence-corrected chi connectivity index (χ0v) is 12.6. The molecule has 1 aliphatic carbocycles. The van der Waals surface area contributed by atoms with E-state index in [4.69, 9.17) is 9.47 Å². The molecule has 0 bridgehead atoms. The Morgan fingerprint density at radius 1 is 1.55 bits per heavy atom. The molecule has 2 rings (SSSR count). The molecule has 1 aliphatic heterocycles. The summed E-state index contributed by atoms with van der Waals surface area (Å²) in [7, 11) is 1.36. The van der Waals surface area contributed by atoms with Gasteiger partial charge in [0, 0.05) is 16.9 Å². The summed E-state index contributed by atoms with van der Waals surface area (Å²) in [6.07, 6.45) is 3.29. The van der Waals surface area contributed by atoms with Gasteiger partial charge in [-0.3, -0.25) is 4.79 Å².